The van der Waals surface area contributed by atoms with Gasteiger partial charge in [-0.25, -0.2) is 0 Å². The van der Waals surface area contributed by atoms with Crippen LogP contribution in [-0.2, 0) is 6.54 Å². The zero-order chi connectivity index (χ0) is 11.4. The van der Waals surface area contributed by atoms with Crippen molar-refractivity contribution in [3.05, 3.63) is 30.1 Å². The summed E-state index contributed by atoms with van der Waals surface area (Å²) in [7, 11) is 0. The van der Waals surface area contributed by atoms with Crippen LogP contribution < -0.4 is 5.73 Å². The van der Waals surface area contributed by atoms with Crippen LogP contribution >= 0.6 is 12.4 Å². The highest BCUT2D eigenvalue weighted by Crippen LogP contribution is 2.23. The number of pyridine rings is 1. The van der Waals surface area contributed by atoms with E-state index >= 15 is 0 Å². The molecule has 1 aromatic rings. The van der Waals surface area contributed by atoms with Crippen molar-refractivity contribution in [2.75, 3.05) is 13.1 Å². The molecular weight excluding hydrogens is 234 g/mol. The molecule has 2 N–H and O–H groups in total. The van der Waals surface area contributed by atoms with Crippen LogP contribution in [0, 0.1) is 5.92 Å². The quantitative estimate of drug-likeness (QED) is 0.899. The number of aromatic nitrogens is 1. The number of nitrogens with zero attached hydrogens (tertiary/aromatic N) is 2. The SMILES string of the molecule is CC1CCN(Cc2cccnc2)C(CN)C1.Cl. The summed E-state index contributed by atoms with van der Waals surface area (Å²) in [4.78, 5) is 6.66. The number of rotatable bonds is 3. The first-order valence-electron chi connectivity index (χ1n) is 6.12. The van der Waals surface area contributed by atoms with Gasteiger partial charge in [0.15, 0.2) is 0 Å². The van der Waals surface area contributed by atoms with Gasteiger partial charge in [-0.3, -0.25) is 9.88 Å². The number of likely N-dealkylation sites (tertiary alicyclic amines) is 1. The number of nitrogens with two attached hydrogens (primary N) is 1. The molecule has 1 aromatic heterocycles. The van der Waals surface area contributed by atoms with Crippen LogP contribution in [0.15, 0.2) is 24.5 Å². The third kappa shape index (κ3) is 3.95. The van der Waals surface area contributed by atoms with Crippen molar-refractivity contribution in [1.82, 2.24) is 9.88 Å². The minimum absolute atomic E-state index is 0. The fourth-order valence-electron chi connectivity index (χ4n) is 2.48. The van der Waals surface area contributed by atoms with E-state index < -0.39 is 0 Å². The van der Waals surface area contributed by atoms with Crippen molar-refractivity contribution in [2.45, 2.75) is 32.4 Å². The molecular formula is C13H22ClN3. The fraction of sp³-hybridized carbons (Fsp3) is 0.615. The normalized spacial score (nSPS) is 25.3. The summed E-state index contributed by atoms with van der Waals surface area (Å²) in [5, 5.41) is 0. The maximum Gasteiger partial charge on any atom is 0.0312 e. The van der Waals surface area contributed by atoms with E-state index in [2.05, 4.69) is 22.9 Å². The molecule has 0 aliphatic carbocycles. The summed E-state index contributed by atoms with van der Waals surface area (Å²) in [6.07, 6.45) is 6.29. The molecule has 1 aliphatic rings. The van der Waals surface area contributed by atoms with E-state index in [0.29, 0.717) is 6.04 Å². The van der Waals surface area contributed by atoms with E-state index in [1.165, 1.54) is 18.4 Å². The summed E-state index contributed by atoms with van der Waals surface area (Å²) in [6, 6.07) is 4.68. The second-order valence-electron chi connectivity index (χ2n) is 4.85. The van der Waals surface area contributed by atoms with Crippen molar-refractivity contribution < 1.29 is 0 Å². The zero-order valence-electron chi connectivity index (χ0n) is 10.4. The molecule has 1 aliphatic heterocycles. The van der Waals surface area contributed by atoms with Gasteiger partial charge in [0.2, 0.25) is 0 Å². The average Bonchev–Trinajstić information content (AvgIpc) is 2.33. The summed E-state index contributed by atoms with van der Waals surface area (Å²) >= 11 is 0. The average molecular weight is 256 g/mol. The van der Waals surface area contributed by atoms with Crippen LogP contribution in [0.3, 0.4) is 0 Å². The molecule has 3 nitrogen and oxygen atoms in total. The van der Waals surface area contributed by atoms with E-state index in [1.54, 1.807) is 0 Å². The third-order valence-corrected chi connectivity index (χ3v) is 3.48. The molecule has 4 heteroatoms. The molecule has 1 saturated heterocycles. The molecule has 0 saturated carbocycles. The van der Waals surface area contributed by atoms with Crippen molar-refractivity contribution in [3.8, 4) is 0 Å². The largest absolute Gasteiger partial charge is 0.329 e. The van der Waals surface area contributed by atoms with Crippen LogP contribution in [0.5, 0.6) is 0 Å². The van der Waals surface area contributed by atoms with Gasteiger partial charge in [-0.2, -0.15) is 0 Å². The van der Waals surface area contributed by atoms with Gasteiger partial charge < -0.3 is 5.73 Å². The Hall–Kier alpha value is -0.640. The lowest BCUT2D eigenvalue weighted by Gasteiger charge is -2.37. The standard InChI is InChI=1S/C13H21N3.ClH/c1-11-4-6-16(13(7-11)8-14)10-12-3-2-5-15-9-12;/h2-3,5,9,11,13H,4,6-8,10,14H2,1H3;1H. The first-order chi connectivity index (χ1) is 7.79. The molecule has 0 bridgehead atoms. The lowest BCUT2D eigenvalue weighted by atomic mass is 9.92. The van der Waals surface area contributed by atoms with Gasteiger partial charge in [-0.15, -0.1) is 12.4 Å². The molecule has 2 rings (SSSR count). The Balaban J connectivity index is 0.00000144. The molecule has 2 unspecified atom stereocenters. The van der Waals surface area contributed by atoms with Crippen LogP contribution in [0.25, 0.3) is 0 Å². The van der Waals surface area contributed by atoms with Gasteiger partial charge in [-0.1, -0.05) is 13.0 Å². The fourth-order valence-corrected chi connectivity index (χ4v) is 2.48. The predicted molar refractivity (Wildman–Crippen MR) is 73.1 cm³/mol. The summed E-state index contributed by atoms with van der Waals surface area (Å²) in [6.45, 7) is 5.25. The third-order valence-electron chi connectivity index (χ3n) is 3.48. The van der Waals surface area contributed by atoms with Crippen LogP contribution in [-0.4, -0.2) is 29.0 Å². The van der Waals surface area contributed by atoms with E-state index in [4.69, 9.17) is 5.73 Å². The van der Waals surface area contributed by atoms with Gasteiger partial charge in [0, 0.05) is 31.5 Å². The number of halogens is 1. The van der Waals surface area contributed by atoms with E-state index in [-0.39, 0.29) is 12.4 Å². The van der Waals surface area contributed by atoms with E-state index in [9.17, 15) is 0 Å². The number of piperidine rings is 1. The van der Waals surface area contributed by atoms with Gasteiger partial charge in [0.1, 0.15) is 0 Å². The van der Waals surface area contributed by atoms with Crippen LogP contribution in [0.4, 0.5) is 0 Å². The minimum Gasteiger partial charge on any atom is -0.329 e. The highest BCUT2D eigenvalue weighted by Gasteiger charge is 2.24. The second kappa shape index (κ2) is 6.94. The minimum atomic E-state index is 0. The maximum absolute atomic E-state index is 5.85. The molecule has 96 valence electrons. The molecule has 1 fully saturated rings. The molecule has 17 heavy (non-hydrogen) atoms. The monoisotopic (exact) mass is 255 g/mol. The van der Waals surface area contributed by atoms with Gasteiger partial charge in [0.05, 0.1) is 0 Å². The van der Waals surface area contributed by atoms with Crippen LogP contribution in [0.2, 0.25) is 0 Å². The van der Waals surface area contributed by atoms with E-state index in [1.807, 2.05) is 18.5 Å². The molecule has 0 spiro atoms. The Morgan fingerprint density at radius 1 is 1.53 bits per heavy atom. The Bertz CT molecular complexity index is 318. The Morgan fingerprint density at radius 2 is 2.35 bits per heavy atom. The zero-order valence-corrected chi connectivity index (χ0v) is 11.2. The Labute approximate surface area is 110 Å². The molecule has 0 radical (unpaired) electrons. The summed E-state index contributed by atoms with van der Waals surface area (Å²) in [5.74, 6) is 0.818. The Kier molecular flexibility index (Phi) is 5.89. The lowest BCUT2D eigenvalue weighted by Crippen LogP contribution is -2.45. The number of hydrogen-bond acceptors (Lipinski definition) is 3. The highest BCUT2D eigenvalue weighted by atomic mass is 35.5. The summed E-state index contributed by atoms with van der Waals surface area (Å²) in [5.41, 5.74) is 7.14. The summed E-state index contributed by atoms with van der Waals surface area (Å²) < 4.78 is 0. The molecule has 0 aromatic carbocycles. The number of hydrogen-bond donors (Lipinski definition) is 1. The van der Waals surface area contributed by atoms with Crippen molar-refractivity contribution in [1.29, 1.82) is 0 Å². The molecule has 0 amide bonds. The van der Waals surface area contributed by atoms with Crippen molar-refractivity contribution in [3.63, 3.8) is 0 Å². The first-order valence-corrected chi connectivity index (χ1v) is 6.12. The van der Waals surface area contributed by atoms with Crippen LogP contribution in [0.1, 0.15) is 25.3 Å². The highest BCUT2D eigenvalue weighted by molar-refractivity contribution is 5.85. The van der Waals surface area contributed by atoms with E-state index in [0.717, 1.165) is 25.6 Å². The smallest absolute Gasteiger partial charge is 0.0312 e. The van der Waals surface area contributed by atoms with Gasteiger partial charge in [0.25, 0.3) is 0 Å². The van der Waals surface area contributed by atoms with Gasteiger partial charge in [-0.05, 0) is 36.9 Å². The van der Waals surface area contributed by atoms with Crippen molar-refractivity contribution in [2.24, 2.45) is 11.7 Å². The predicted octanol–water partition coefficient (Wildman–Crippen LogP) is 2.06. The van der Waals surface area contributed by atoms with Crippen molar-refractivity contribution >= 4 is 12.4 Å². The van der Waals surface area contributed by atoms with Gasteiger partial charge >= 0.3 is 0 Å². The molecule has 2 heterocycles. The lowest BCUT2D eigenvalue weighted by molar-refractivity contribution is 0.115. The molecule has 2 atom stereocenters. The maximum atomic E-state index is 5.85. The second-order valence-corrected chi connectivity index (χ2v) is 4.85. The first kappa shape index (κ1) is 14.4. The topological polar surface area (TPSA) is 42.2 Å². The Morgan fingerprint density at radius 3 is 3.00 bits per heavy atom.